The molecule has 0 saturated heterocycles. The summed E-state index contributed by atoms with van der Waals surface area (Å²) in [4.78, 5) is 4.31. The van der Waals surface area contributed by atoms with Gasteiger partial charge in [0.05, 0.1) is 5.69 Å². The summed E-state index contributed by atoms with van der Waals surface area (Å²) < 4.78 is 8.43. The third-order valence-corrected chi connectivity index (χ3v) is 6.84. The van der Waals surface area contributed by atoms with Crippen LogP contribution in [-0.4, -0.2) is 31.9 Å². The highest BCUT2D eigenvalue weighted by atomic mass is 16.5. The van der Waals surface area contributed by atoms with Gasteiger partial charge in [0.15, 0.2) is 0 Å². The van der Waals surface area contributed by atoms with Crippen molar-refractivity contribution in [2.75, 3.05) is 0 Å². The van der Waals surface area contributed by atoms with E-state index in [2.05, 4.69) is 47.7 Å². The topological polar surface area (TPSA) is 78.9 Å². The van der Waals surface area contributed by atoms with E-state index >= 15 is 0 Å². The number of hydrogen-bond donors (Lipinski definition) is 1. The number of ether oxygens (including phenoxy) is 1. The van der Waals surface area contributed by atoms with E-state index in [9.17, 15) is 0 Å². The van der Waals surface area contributed by atoms with E-state index in [1.165, 1.54) is 11.3 Å². The number of para-hydroxylation sites is 1. The van der Waals surface area contributed by atoms with Gasteiger partial charge in [-0.05, 0) is 55.7 Å². The van der Waals surface area contributed by atoms with Crippen LogP contribution in [-0.2, 0) is 6.42 Å². The number of nitrogens with two attached hydrogens (primary N) is 1. The van der Waals surface area contributed by atoms with Crippen molar-refractivity contribution < 1.29 is 4.74 Å². The van der Waals surface area contributed by atoms with E-state index in [0.717, 1.165) is 43.8 Å². The maximum atomic E-state index is 6.69. The third kappa shape index (κ3) is 3.85. The van der Waals surface area contributed by atoms with Crippen molar-refractivity contribution in [2.24, 2.45) is 11.7 Å². The Kier molecular flexibility index (Phi) is 5.48. The zero-order valence-corrected chi connectivity index (χ0v) is 18.3. The number of aromatic nitrogens is 4. The van der Waals surface area contributed by atoms with Crippen molar-refractivity contribution in [3.8, 4) is 11.6 Å². The second-order valence-corrected chi connectivity index (χ2v) is 9.28. The van der Waals surface area contributed by atoms with E-state index in [4.69, 9.17) is 20.7 Å². The fraction of sp³-hybridized carbons (Fsp3) is 0.480. The molecule has 2 atom stereocenters. The van der Waals surface area contributed by atoms with Crippen molar-refractivity contribution >= 4 is 0 Å². The molecule has 5 rings (SSSR count). The van der Waals surface area contributed by atoms with Crippen molar-refractivity contribution in [1.29, 1.82) is 0 Å². The number of nitrogens with zero attached hydrogens (tertiary/aromatic N) is 4. The summed E-state index contributed by atoms with van der Waals surface area (Å²) >= 11 is 0. The molecular weight excluding hydrogens is 386 g/mol. The van der Waals surface area contributed by atoms with Gasteiger partial charge in [-0.3, -0.25) is 4.57 Å². The third-order valence-electron chi connectivity index (χ3n) is 6.84. The van der Waals surface area contributed by atoms with Crippen LogP contribution in [0, 0.1) is 5.92 Å². The molecule has 1 aromatic carbocycles. The highest BCUT2D eigenvalue weighted by Gasteiger charge is 2.36. The van der Waals surface area contributed by atoms with Crippen molar-refractivity contribution in [3.05, 3.63) is 65.9 Å². The number of benzene rings is 1. The molecule has 2 N–H and O–H groups in total. The predicted octanol–water partition coefficient (Wildman–Crippen LogP) is 4.39. The molecule has 2 aliphatic rings. The van der Waals surface area contributed by atoms with Gasteiger partial charge in [-0.1, -0.05) is 38.1 Å². The Hall–Kier alpha value is -2.73. The molecule has 1 saturated carbocycles. The molecule has 31 heavy (non-hydrogen) atoms. The molecule has 2 unspecified atom stereocenters. The lowest BCUT2D eigenvalue weighted by Crippen LogP contribution is -2.33. The standard InChI is InChI=1S/C25H31N5O/c1-16(2)23-20(26)15-18-7-3-4-8-21(18)30-24(28-29-25(23)30)17-10-12-19(13-11-17)31-22-9-5-6-14-27-22/h3-9,14,16-17,19-20,23H,10-13,15,26H2,1-2H3. The molecule has 6 heteroatoms. The minimum Gasteiger partial charge on any atom is -0.474 e. The Bertz CT molecular complexity index is 1020. The zero-order valence-electron chi connectivity index (χ0n) is 18.3. The van der Waals surface area contributed by atoms with Gasteiger partial charge in [0.1, 0.15) is 17.8 Å². The van der Waals surface area contributed by atoms with Crippen molar-refractivity contribution in [1.82, 2.24) is 19.7 Å². The lowest BCUT2D eigenvalue weighted by Gasteiger charge is -2.29. The molecule has 6 nitrogen and oxygen atoms in total. The van der Waals surface area contributed by atoms with Gasteiger partial charge in [-0.2, -0.15) is 0 Å². The average molecular weight is 418 g/mol. The molecule has 0 bridgehead atoms. The highest BCUT2D eigenvalue weighted by molar-refractivity contribution is 5.46. The minimum absolute atomic E-state index is 0.0435. The Morgan fingerprint density at radius 2 is 1.71 bits per heavy atom. The Balaban J connectivity index is 1.43. The second kappa shape index (κ2) is 8.42. The van der Waals surface area contributed by atoms with Gasteiger partial charge in [0.25, 0.3) is 0 Å². The first-order valence-electron chi connectivity index (χ1n) is 11.5. The summed E-state index contributed by atoms with van der Waals surface area (Å²) in [6.07, 6.45) is 6.93. The molecule has 0 spiro atoms. The molecule has 0 amide bonds. The Morgan fingerprint density at radius 1 is 0.968 bits per heavy atom. The first-order chi connectivity index (χ1) is 15.1. The Morgan fingerprint density at radius 3 is 2.45 bits per heavy atom. The Labute approximate surface area is 183 Å². The van der Waals surface area contributed by atoms with Crippen molar-refractivity contribution in [3.63, 3.8) is 0 Å². The predicted molar refractivity (Wildman–Crippen MR) is 120 cm³/mol. The van der Waals surface area contributed by atoms with E-state index in [0.29, 0.717) is 17.7 Å². The van der Waals surface area contributed by atoms with Crippen molar-refractivity contribution in [2.45, 2.75) is 69.9 Å². The molecule has 0 radical (unpaired) electrons. The van der Waals surface area contributed by atoms with Crippen LogP contribution in [0.2, 0.25) is 0 Å². The molecule has 1 aliphatic heterocycles. The lowest BCUT2D eigenvalue weighted by atomic mass is 9.85. The molecule has 2 aromatic heterocycles. The van der Waals surface area contributed by atoms with Crippen LogP contribution in [0.5, 0.6) is 5.88 Å². The number of rotatable bonds is 4. The highest BCUT2D eigenvalue weighted by Crippen LogP contribution is 2.39. The van der Waals surface area contributed by atoms with Crippen LogP contribution in [0.3, 0.4) is 0 Å². The van der Waals surface area contributed by atoms with E-state index in [1.807, 2.05) is 18.2 Å². The second-order valence-electron chi connectivity index (χ2n) is 9.28. The molecular formula is C25H31N5O. The molecule has 162 valence electrons. The maximum absolute atomic E-state index is 6.69. The summed E-state index contributed by atoms with van der Waals surface area (Å²) in [7, 11) is 0. The van der Waals surface area contributed by atoms with E-state index in [1.54, 1.807) is 6.20 Å². The van der Waals surface area contributed by atoms with Gasteiger partial charge >= 0.3 is 0 Å². The van der Waals surface area contributed by atoms with Crippen LogP contribution in [0.15, 0.2) is 48.7 Å². The van der Waals surface area contributed by atoms with Crippen LogP contribution in [0.25, 0.3) is 5.69 Å². The minimum atomic E-state index is 0.0435. The summed E-state index contributed by atoms with van der Waals surface area (Å²) in [6.45, 7) is 4.47. The van der Waals surface area contributed by atoms with Gasteiger partial charge in [0.2, 0.25) is 5.88 Å². The summed E-state index contributed by atoms with van der Waals surface area (Å²) in [5.74, 6) is 3.79. The van der Waals surface area contributed by atoms with Gasteiger partial charge in [0, 0.05) is 30.1 Å². The first-order valence-corrected chi connectivity index (χ1v) is 11.5. The lowest BCUT2D eigenvalue weighted by molar-refractivity contribution is 0.139. The molecule has 1 fully saturated rings. The fourth-order valence-corrected chi connectivity index (χ4v) is 5.33. The van der Waals surface area contributed by atoms with Gasteiger partial charge in [-0.15, -0.1) is 10.2 Å². The largest absolute Gasteiger partial charge is 0.474 e. The summed E-state index contributed by atoms with van der Waals surface area (Å²) in [5, 5.41) is 9.46. The number of hydrogen-bond acceptors (Lipinski definition) is 5. The average Bonchev–Trinajstić information content (AvgIpc) is 3.14. The summed E-state index contributed by atoms with van der Waals surface area (Å²) in [6, 6.07) is 14.4. The van der Waals surface area contributed by atoms with E-state index in [-0.39, 0.29) is 18.1 Å². The van der Waals surface area contributed by atoms with Crippen LogP contribution < -0.4 is 10.5 Å². The normalized spacial score (nSPS) is 25.5. The van der Waals surface area contributed by atoms with Gasteiger partial charge in [-0.25, -0.2) is 4.98 Å². The zero-order chi connectivity index (χ0) is 21.4. The molecule has 3 aromatic rings. The SMILES string of the molecule is CC(C)C1c2nnc(C3CCC(Oc4ccccn4)CC3)n2-c2ccccc2CC1N. The monoisotopic (exact) mass is 417 g/mol. The quantitative estimate of drug-likeness (QED) is 0.681. The van der Waals surface area contributed by atoms with E-state index < -0.39 is 0 Å². The molecule has 3 heterocycles. The number of pyridine rings is 1. The van der Waals surface area contributed by atoms with Crippen LogP contribution in [0.4, 0.5) is 0 Å². The first kappa shape index (κ1) is 20.2. The fourth-order valence-electron chi connectivity index (χ4n) is 5.33. The van der Waals surface area contributed by atoms with Crippen LogP contribution >= 0.6 is 0 Å². The summed E-state index contributed by atoms with van der Waals surface area (Å²) in [5.41, 5.74) is 9.17. The maximum Gasteiger partial charge on any atom is 0.213 e. The smallest absolute Gasteiger partial charge is 0.213 e. The van der Waals surface area contributed by atoms with Crippen LogP contribution in [0.1, 0.15) is 68.6 Å². The van der Waals surface area contributed by atoms with Gasteiger partial charge < -0.3 is 10.5 Å². The number of fused-ring (bicyclic) bond motifs is 3. The molecule has 1 aliphatic carbocycles.